The first-order valence-corrected chi connectivity index (χ1v) is 4.92. The summed E-state index contributed by atoms with van der Waals surface area (Å²) in [6.07, 6.45) is -4.88. The Bertz CT molecular complexity index is 423. The molecule has 0 heterocycles. The molecule has 0 aliphatic heterocycles. The van der Waals surface area contributed by atoms with E-state index in [-0.39, 0.29) is 0 Å². The molecule has 0 amide bonds. The van der Waals surface area contributed by atoms with E-state index in [1.165, 1.54) is 18.2 Å². The normalized spacial score (nSPS) is 12.7. The number of hydrogen-bond acceptors (Lipinski definition) is 3. The van der Waals surface area contributed by atoms with Crippen LogP contribution in [-0.2, 0) is 15.7 Å². The van der Waals surface area contributed by atoms with E-state index < -0.39 is 24.0 Å². The van der Waals surface area contributed by atoms with Gasteiger partial charge in [-0.25, -0.2) is 4.79 Å². The Kier molecular flexibility index (Phi) is 4.36. The number of halogens is 3. The molecule has 6 heteroatoms. The van der Waals surface area contributed by atoms with E-state index >= 15 is 0 Å². The molecule has 0 N–H and O–H groups in total. The fourth-order valence-corrected chi connectivity index (χ4v) is 1.27. The summed E-state index contributed by atoms with van der Waals surface area (Å²) >= 11 is 0. The highest BCUT2D eigenvalue weighted by Gasteiger charge is 2.30. The average molecular weight is 260 g/mol. The number of benzene rings is 1. The van der Waals surface area contributed by atoms with Crippen LogP contribution in [0.25, 0.3) is 0 Å². The van der Waals surface area contributed by atoms with Crippen molar-refractivity contribution < 1.29 is 27.4 Å². The van der Waals surface area contributed by atoms with Gasteiger partial charge in [-0.05, 0) is 23.8 Å². The van der Waals surface area contributed by atoms with Gasteiger partial charge in [0.1, 0.15) is 6.10 Å². The molecule has 1 aromatic carbocycles. The number of methoxy groups -OCH3 is 1. The Morgan fingerprint density at radius 1 is 1.33 bits per heavy atom. The molecule has 1 rings (SSSR count). The van der Waals surface area contributed by atoms with Gasteiger partial charge in [-0.3, -0.25) is 0 Å². The van der Waals surface area contributed by atoms with E-state index in [0.717, 1.165) is 19.2 Å². The van der Waals surface area contributed by atoms with Crippen LogP contribution in [0, 0.1) is 0 Å². The molecule has 0 bridgehead atoms. The van der Waals surface area contributed by atoms with Crippen LogP contribution in [0.3, 0.4) is 0 Å². The molecule has 3 nitrogen and oxygen atoms in total. The highest BCUT2D eigenvalue weighted by Crippen LogP contribution is 2.30. The molecule has 1 aromatic rings. The Morgan fingerprint density at radius 3 is 2.28 bits per heavy atom. The van der Waals surface area contributed by atoms with Gasteiger partial charge in [0.15, 0.2) is 0 Å². The van der Waals surface area contributed by atoms with Crippen molar-refractivity contribution in [3.63, 3.8) is 0 Å². The van der Waals surface area contributed by atoms with E-state index in [1.54, 1.807) is 0 Å². The van der Waals surface area contributed by atoms with Gasteiger partial charge in [-0.2, -0.15) is 13.2 Å². The third-order valence-electron chi connectivity index (χ3n) is 2.17. The molecule has 0 fully saturated rings. The second kappa shape index (κ2) is 5.57. The van der Waals surface area contributed by atoms with E-state index in [1.807, 2.05) is 0 Å². The standard InChI is InChI=1S/C12H11F3O3/c1-3-10(18-11(16)17-2)8-4-6-9(7-5-8)12(13,14)15/h3-7,10H,1H2,2H3/t10-/m1/s1. The maximum atomic E-state index is 12.3. The van der Waals surface area contributed by atoms with Gasteiger partial charge in [0.25, 0.3) is 0 Å². The Hall–Kier alpha value is -1.98. The van der Waals surface area contributed by atoms with Crippen molar-refractivity contribution in [2.24, 2.45) is 0 Å². The minimum absolute atomic E-state index is 0.378. The van der Waals surface area contributed by atoms with Crippen LogP contribution in [-0.4, -0.2) is 13.3 Å². The Balaban J connectivity index is 2.89. The van der Waals surface area contributed by atoms with Crippen molar-refractivity contribution in [3.8, 4) is 0 Å². The first kappa shape index (κ1) is 14.1. The topological polar surface area (TPSA) is 35.5 Å². The van der Waals surface area contributed by atoms with Crippen molar-refractivity contribution in [1.29, 1.82) is 0 Å². The van der Waals surface area contributed by atoms with Gasteiger partial charge in [0, 0.05) is 0 Å². The van der Waals surface area contributed by atoms with Crippen LogP contribution in [0.4, 0.5) is 18.0 Å². The zero-order chi connectivity index (χ0) is 13.8. The quantitative estimate of drug-likeness (QED) is 0.613. The summed E-state index contributed by atoms with van der Waals surface area (Å²) in [4.78, 5) is 10.9. The van der Waals surface area contributed by atoms with Gasteiger partial charge in [-0.15, -0.1) is 0 Å². The summed E-state index contributed by atoms with van der Waals surface area (Å²) in [5, 5.41) is 0. The second-order valence-electron chi connectivity index (χ2n) is 3.35. The van der Waals surface area contributed by atoms with Gasteiger partial charge >= 0.3 is 12.3 Å². The fourth-order valence-electron chi connectivity index (χ4n) is 1.27. The average Bonchev–Trinajstić information content (AvgIpc) is 2.34. The SMILES string of the molecule is C=C[C@@H](OC(=O)OC)c1ccc(C(F)(F)F)cc1. The monoisotopic (exact) mass is 260 g/mol. The predicted octanol–water partition coefficient (Wildman–Crippen LogP) is 3.72. The fraction of sp³-hybridized carbons (Fsp3) is 0.250. The number of ether oxygens (including phenoxy) is 2. The summed E-state index contributed by atoms with van der Waals surface area (Å²) in [5.74, 6) is 0. The lowest BCUT2D eigenvalue weighted by Crippen LogP contribution is -2.10. The summed E-state index contributed by atoms with van der Waals surface area (Å²) in [6.45, 7) is 3.44. The molecule has 0 radical (unpaired) electrons. The van der Waals surface area contributed by atoms with Crippen LogP contribution in [0.2, 0.25) is 0 Å². The van der Waals surface area contributed by atoms with E-state index in [9.17, 15) is 18.0 Å². The molecular formula is C12H11F3O3. The number of carbonyl (C=O) groups is 1. The molecule has 0 aliphatic carbocycles. The van der Waals surface area contributed by atoms with Crippen molar-refractivity contribution in [3.05, 3.63) is 48.0 Å². The zero-order valence-electron chi connectivity index (χ0n) is 9.53. The lowest BCUT2D eigenvalue weighted by Gasteiger charge is -2.14. The van der Waals surface area contributed by atoms with Crippen molar-refractivity contribution in [2.75, 3.05) is 7.11 Å². The van der Waals surface area contributed by atoms with E-state index in [2.05, 4.69) is 11.3 Å². The van der Waals surface area contributed by atoms with Crippen LogP contribution < -0.4 is 0 Å². The highest BCUT2D eigenvalue weighted by molar-refractivity contribution is 5.60. The molecule has 18 heavy (non-hydrogen) atoms. The summed E-state index contributed by atoms with van der Waals surface area (Å²) < 4.78 is 46.1. The minimum Gasteiger partial charge on any atom is -0.438 e. The number of hydrogen-bond donors (Lipinski definition) is 0. The third kappa shape index (κ3) is 3.51. The van der Waals surface area contributed by atoms with Crippen LogP contribution >= 0.6 is 0 Å². The van der Waals surface area contributed by atoms with Gasteiger partial charge in [-0.1, -0.05) is 18.7 Å². The molecule has 0 unspecified atom stereocenters. The maximum absolute atomic E-state index is 12.3. The van der Waals surface area contributed by atoms with Gasteiger partial charge < -0.3 is 9.47 Å². The Morgan fingerprint density at radius 2 is 1.89 bits per heavy atom. The third-order valence-corrected chi connectivity index (χ3v) is 2.17. The molecule has 0 saturated carbocycles. The predicted molar refractivity (Wildman–Crippen MR) is 57.9 cm³/mol. The first-order valence-electron chi connectivity index (χ1n) is 4.92. The lowest BCUT2D eigenvalue weighted by molar-refractivity contribution is -0.137. The summed E-state index contributed by atoms with van der Waals surface area (Å²) in [6, 6.07) is 4.26. The number of carbonyl (C=O) groups excluding carboxylic acids is 1. The van der Waals surface area contributed by atoms with Crippen molar-refractivity contribution >= 4 is 6.16 Å². The van der Waals surface area contributed by atoms with Crippen LogP contribution in [0.1, 0.15) is 17.2 Å². The van der Waals surface area contributed by atoms with Gasteiger partial charge in [0.05, 0.1) is 12.7 Å². The molecule has 0 aliphatic rings. The Labute approximate surface area is 102 Å². The summed E-state index contributed by atoms with van der Waals surface area (Å²) in [5.41, 5.74) is -0.393. The molecule has 0 spiro atoms. The smallest absolute Gasteiger partial charge is 0.438 e. The van der Waals surface area contributed by atoms with E-state index in [0.29, 0.717) is 5.56 Å². The second-order valence-corrected chi connectivity index (χ2v) is 3.35. The molecule has 0 aromatic heterocycles. The lowest BCUT2D eigenvalue weighted by atomic mass is 10.1. The molecule has 0 saturated heterocycles. The highest BCUT2D eigenvalue weighted by atomic mass is 19.4. The van der Waals surface area contributed by atoms with E-state index in [4.69, 9.17) is 4.74 Å². The number of rotatable bonds is 3. The van der Waals surface area contributed by atoms with Crippen LogP contribution in [0.5, 0.6) is 0 Å². The molecule has 98 valence electrons. The minimum atomic E-state index is -4.40. The van der Waals surface area contributed by atoms with Crippen molar-refractivity contribution in [1.82, 2.24) is 0 Å². The zero-order valence-corrected chi connectivity index (χ0v) is 9.53. The molecule has 1 atom stereocenters. The maximum Gasteiger partial charge on any atom is 0.508 e. The van der Waals surface area contributed by atoms with Crippen LogP contribution in [0.15, 0.2) is 36.9 Å². The largest absolute Gasteiger partial charge is 0.508 e. The van der Waals surface area contributed by atoms with Gasteiger partial charge in [0.2, 0.25) is 0 Å². The number of alkyl halides is 3. The first-order chi connectivity index (χ1) is 8.38. The summed E-state index contributed by atoms with van der Waals surface area (Å²) in [7, 11) is 1.13. The molecular weight excluding hydrogens is 249 g/mol. The van der Waals surface area contributed by atoms with Crippen molar-refractivity contribution in [2.45, 2.75) is 12.3 Å².